The topological polar surface area (TPSA) is 61.4 Å². The molecule has 2 fully saturated rings. The number of anilines is 1. The first kappa shape index (κ1) is 14.8. The molecule has 1 heterocycles. The molecule has 0 bridgehead atoms. The third-order valence-corrected chi connectivity index (χ3v) is 5.78. The second kappa shape index (κ2) is 5.94. The van der Waals surface area contributed by atoms with Crippen molar-refractivity contribution in [3.8, 4) is 0 Å². The Balaban J connectivity index is 1.71. The second-order valence-electron chi connectivity index (χ2n) is 5.96. The molecule has 2 N–H and O–H groups in total. The SMILES string of the molecule is CNC1CCCN(c2ccc(S(=O)(=O)NC3CC3)cc2)C1. The van der Waals surface area contributed by atoms with E-state index in [9.17, 15) is 8.42 Å². The van der Waals surface area contributed by atoms with Gasteiger partial charge in [-0.2, -0.15) is 0 Å². The van der Waals surface area contributed by atoms with Crippen molar-refractivity contribution in [2.24, 2.45) is 0 Å². The van der Waals surface area contributed by atoms with Crippen molar-refractivity contribution in [3.63, 3.8) is 0 Å². The fourth-order valence-electron chi connectivity index (χ4n) is 2.77. The minimum Gasteiger partial charge on any atom is -0.370 e. The summed E-state index contributed by atoms with van der Waals surface area (Å²) in [7, 11) is -1.35. The normalized spacial score (nSPS) is 23.3. The van der Waals surface area contributed by atoms with Gasteiger partial charge in [0.15, 0.2) is 0 Å². The quantitative estimate of drug-likeness (QED) is 0.861. The van der Waals surface area contributed by atoms with Crippen LogP contribution >= 0.6 is 0 Å². The van der Waals surface area contributed by atoms with Gasteiger partial charge in [-0.05, 0) is 57.0 Å². The van der Waals surface area contributed by atoms with E-state index in [0.717, 1.165) is 38.0 Å². The molecule has 0 radical (unpaired) electrons. The van der Waals surface area contributed by atoms with Gasteiger partial charge in [0.1, 0.15) is 0 Å². The molecule has 1 aromatic carbocycles. The minimum atomic E-state index is -3.34. The van der Waals surface area contributed by atoms with Crippen LogP contribution in [0.3, 0.4) is 0 Å². The summed E-state index contributed by atoms with van der Waals surface area (Å²) in [6.07, 6.45) is 4.27. The molecule has 0 aromatic heterocycles. The maximum atomic E-state index is 12.1. The molecular weight excluding hydrogens is 286 g/mol. The van der Waals surface area contributed by atoms with E-state index in [1.54, 1.807) is 12.1 Å². The lowest BCUT2D eigenvalue weighted by molar-refractivity contribution is 0.449. The first-order valence-corrected chi connectivity index (χ1v) is 9.11. The Hall–Kier alpha value is -1.11. The van der Waals surface area contributed by atoms with Crippen LogP contribution in [-0.2, 0) is 10.0 Å². The largest absolute Gasteiger partial charge is 0.370 e. The van der Waals surface area contributed by atoms with E-state index >= 15 is 0 Å². The summed E-state index contributed by atoms with van der Waals surface area (Å²) in [5.41, 5.74) is 1.10. The maximum Gasteiger partial charge on any atom is 0.240 e. The van der Waals surface area contributed by atoms with Crippen LogP contribution < -0.4 is 14.9 Å². The van der Waals surface area contributed by atoms with Gasteiger partial charge >= 0.3 is 0 Å². The number of sulfonamides is 1. The molecular formula is C15H23N3O2S. The lowest BCUT2D eigenvalue weighted by Gasteiger charge is -2.34. The van der Waals surface area contributed by atoms with Gasteiger partial charge in [-0.1, -0.05) is 0 Å². The molecule has 3 rings (SSSR count). The average molecular weight is 309 g/mol. The zero-order chi connectivity index (χ0) is 14.9. The third-order valence-electron chi connectivity index (χ3n) is 4.24. The number of nitrogens with one attached hydrogen (secondary N) is 2. The van der Waals surface area contributed by atoms with Gasteiger partial charge in [0, 0.05) is 30.9 Å². The Bertz CT molecular complexity index is 581. The highest BCUT2D eigenvalue weighted by Crippen LogP contribution is 2.24. The molecule has 1 aromatic rings. The average Bonchev–Trinajstić information content (AvgIpc) is 3.31. The van der Waals surface area contributed by atoms with E-state index < -0.39 is 10.0 Å². The standard InChI is InChI=1S/C15H23N3O2S/c1-16-13-3-2-10-18(11-13)14-6-8-15(9-7-14)21(19,20)17-12-4-5-12/h6-9,12-13,16-17H,2-5,10-11H2,1H3. The summed E-state index contributed by atoms with van der Waals surface area (Å²) in [4.78, 5) is 2.68. The maximum absolute atomic E-state index is 12.1. The van der Waals surface area contributed by atoms with Crippen molar-refractivity contribution < 1.29 is 8.42 Å². The van der Waals surface area contributed by atoms with Crippen LogP contribution in [0.1, 0.15) is 25.7 Å². The lowest BCUT2D eigenvalue weighted by Crippen LogP contribution is -2.44. The summed E-state index contributed by atoms with van der Waals surface area (Å²) in [6.45, 7) is 2.01. The fraction of sp³-hybridized carbons (Fsp3) is 0.600. The second-order valence-corrected chi connectivity index (χ2v) is 7.68. The van der Waals surface area contributed by atoms with Gasteiger partial charge < -0.3 is 10.2 Å². The number of benzene rings is 1. The number of rotatable bonds is 5. The highest BCUT2D eigenvalue weighted by Gasteiger charge is 2.28. The van der Waals surface area contributed by atoms with Crippen LogP contribution in [0.25, 0.3) is 0 Å². The zero-order valence-electron chi connectivity index (χ0n) is 12.4. The molecule has 5 nitrogen and oxygen atoms in total. The van der Waals surface area contributed by atoms with Gasteiger partial charge in [0.25, 0.3) is 0 Å². The number of hydrogen-bond acceptors (Lipinski definition) is 4. The van der Waals surface area contributed by atoms with Crippen molar-refractivity contribution in [2.45, 2.75) is 42.7 Å². The molecule has 21 heavy (non-hydrogen) atoms. The van der Waals surface area contributed by atoms with Gasteiger partial charge in [-0.3, -0.25) is 0 Å². The van der Waals surface area contributed by atoms with Crippen LogP contribution in [0.5, 0.6) is 0 Å². The van der Waals surface area contributed by atoms with Gasteiger partial charge in [-0.15, -0.1) is 0 Å². The molecule has 0 spiro atoms. The first-order valence-electron chi connectivity index (χ1n) is 7.63. The van der Waals surface area contributed by atoms with Crippen LogP contribution in [-0.4, -0.2) is 40.6 Å². The molecule has 1 atom stereocenters. The molecule has 1 aliphatic heterocycles. The summed E-state index contributed by atoms with van der Waals surface area (Å²) in [6, 6.07) is 7.91. The molecule has 0 amide bonds. The Morgan fingerprint density at radius 2 is 1.81 bits per heavy atom. The van der Waals surface area contributed by atoms with Gasteiger partial charge in [-0.25, -0.2) is 13.1 Å². The molecule has 1 aliphatic carbocycles. The lowest BCUT2D eigenvalue weighted by atomic mass is 10.1. The molecule has 2 aliphatic rings. The van der Waals surface area contributed by atoms with E-state index in [1.165, 1.54) is 6.42 Å². The predicted octanol–water partition coefficient (Wildman–Crippen LogP) is 1.32. The number of hydrogen-bond donors (Lipinski definition) is 2. The first-order chi connectivity index (χ1) is 10.1. The minimum absolute atomic E-state index is 0.146. The van der Waals surface area contributed by atoms with Crippen LogP contribution in [0.2, 0.25) is 0 Å². The monoisotopic (exact) mass is 309 g/mol. The number of nitrogens with zero attached hydrogens (tertiary/aromatic N) is 1. The van der Waals surface area contributed by atoms with Crippen molar-refractivity contribution in [1.29, 1.82) is 0 Å². The molecule has 1 saturated heterocycles. The van der Waals surface area contributed by atoms with E-state index in [2.05, 4.69) is 14.9 Å². The van der Waals surface area contributed by atoms with Crippen molar-refractivity contribution in [1.82, 2.24) is 10.0 Å². The molecule has 6 heteroatoms. The molecule has 1 unspecified atom stereocenters. The van der Waals surface area contributed by atoms with Crippen molar-refractivity contribution >= 4 is 15.7 Å². The Morgan fingerprint density at radius 3 is 2.43 bits per heavy atom. The van der Waals surface area contributed by atoms with E-state index in [-0.39, 0.29) is 6.04 Å². The summed E-state index contributed by atoms with van der Waals surface area (Å²) in [5.74, 6) is 0. The highest BCUT2D eigenvalue weighted by molar-refractivity contribution is 7.89. The van der Waals surface area contributed by atoms with Crippen LogP contribution in [0.15, 0.2) is 29.2 Å². The van der Waals surface area contributed by atoms with Crippen LogP contribution in [0.4, 0.5) is 5.69 Å². The third kappa shape index (κ3) is 3.56. The number of piperidine rings is 1. The molecule has 116 valence electrons. The van der Waals surface area contributed by atoms with Gasteiger partial charge in [0.2, 0.25) is 10.0 Å². The molecule has 1 saturated carbocycles. The summed E-state index contributed by atoms with van der Waals surface area (Å²) in [5, 5.41) is 3.32. The summed E-state index contributed by atoms with van der Waals surface area (Å²) >= 11 is 0. The highest BCUT2D eigenvalue weighted by atomic mass is 32.2. The van der Waals surface area contributed by atoms with E-state index in [4.69, 9.17) is 0 Å². The van der Waals surface area contributed by atoms with Gasteiger partial charge in [0.05, 0.1) is 4.90 Å². The fourth-order valence-corrected chi connectivity index (χ4v) is 4.08. The van der Waals surface area contributed by atoms with E-state index in [1.807, 2.05) is 19.2 Å². The smallest absolute Gasteiger partial charge is 0.240 e. The Kier molecular flexibility index (Phi) is 4.19. The Labute approximate surface area is 126 Å². The zero-order valence-corrected chi connectivity index (χ0v) is 13.2. The predicted molar refractivity (Wildman–Crippen MR) is 84.1 cm³/mol. The van der Waals surface area contributed by atoms with Crippen LogP contribution in [0, 0.1) is 0 Å². The van der Waals surface area contributed by atoms with E-state index in [0.29, 0.717) is 10.9 Å². The summed E-state index contributed by atoms with van der Waals surface area (Å²) < 4.78 is 27.0. The van der Waals surface area contributed by atoms with Crippen molar-refractivity contribution in [3.05, 3.63) is 24.3 Å². The van der Waals surface area contributed by atoms with Crippen molar-refractivity contribution in [2.75, 3.05) is 25.0 Å². The Morgan fingerprint density at radius 1 is 1.10 bits per heavy atom. The number of likely N-dealkylation sites (N-methyl/N-ethyl adjacent to an activating group) is 1.